The van der Waals surface area contributed by atoms with Crippen molar-refractivity contribution in [2.45, 2.75) is 6.42 Å². The van der Waals surface area contributed by atoms with Crippen molar-refractivity contribution in [3.05, 3.63) is 36.0 Å². The zero-order chi connectivity index (χ0) is 15.5. The van der Waals surface area contributed by atoms with Gasteiger partial charge in [-0.2, -0.15) is 0 Å². The molecule has 0 aliphatic rings. The van der Waals surface area contributed by atoms with E-state index >= 15 is 0 Å². The maximum Gasteiger partial charge on any atom is 0.147 e. The van der Waals surface area contributed by atoms with Crippen LogP contribution in [0.25, 0.3) is 10.9 Å². The van der Waals surface area contributed by atoms with Gasteiger partial charge in [0.15, 0.2) is 0 Å². The van der Waals surface area contributed by atoms with Gasteiger partial charge in [-0.1, -0.05) is 30.4 Å². The highest BCUT2D eigenvalue weighted by Gasteiger charge is 2.10. The maximum atomic E-state index is 11.2. The topological polar surface area (TPSA) is 85.1 Å². The highest BCUT2D eigenvalue weighted by atomic mass is 32.2. The summed E-state index contributed by atoms with van der Waals surface area (Å²) in [6, 6.07) is 7.65. The molecule has 0 bridgehead atoms. The molecule has 0 radical (unpaired) electrons. The molecule has 0 aliphatic heterocycles. The lowest BCUT2D eigenvalue weighted by Gasteiger charge is -2.13. The van der Waals surface area contributed by atoms with E-state index in [0.717, 1.165) is 16.6 Å². The second-order valence-corrected chi connectivity index (χ2v) is 7.54. The van der Waals surface area contributed by atoms with Crippen molar-refractivity contribution in [2.75, 3.05) is 23.9 Å². The lowest BCUT2D eigenvalue weighted by atomic mass is 10.1. The number of nitrogens with one attached hydrogen (secondary N) is 1. The number of nitrogens with zero attached hydrogens (tertiary/aromatic N) is 1. The Morgan fingerprint density at radius 2 is 2.10 bits per heavy atom. The Hall–Kier alpha value is -1.73. The van der Waals surface area contributed by atoms with Crippen molar-refractivity contribution < 1.29 is 8.42 Å². The number of hydrogen-bond acceptors (Lipinski definition) is 5. The molecule has 5 nitrogen and oxygen atoms in total. The smallest absolute Gasteiger partial charge is 0.147 e. The van der Waals surface area contributed by atoms with Gasteiger partial charge in [-0.15, -0.1) is 0 Å². The summed E-state index contributed by atoms with van der Waals surface area (Å²) < 4.78 is 22.3. The molecule has 0 amide bonds. The van der Waals surface area contributed by atoms with E-state index in [4.69, 9.17) is 18.0 Å². The van der Waals surface area contributed by atoms with Crippen LogP contribution in [0.5, 0.6) is 0 Å². The summed E-state index contributed by atoms with van der Waals surface area (Å²) in [5.41, 5.74) is 8.05. The zero-order valence-electron chi connectivity index (χ0n) is 11.7. The highest BCUT2D eigenvalue weighted by molar-refractivity contribution is 7.90. The van der Waals surface area contributed by atoms with Gasteiger partial charge in [0.25, 0.3) is 0 Å². The SMILES string of the molecule is CS(=O)(=O)CCCNc1c(C(N)=S)cnc2ccccc12. The van der Waals surface area contributed by atoms with Crippen molar-refractivity contribution in [3.63, 3.8) is 0 Å². The van der Waals surface area contributed by atoms with Crippen LogP contribution in [0.15, 0.2) is 30.5 Å². The Morgan fingerprint density at radius 1 is 1.38 bits per heavy atom. The van der Waals surface area contributed by atoms with E-state index < -0.39 is 9.84 Å². The van der Waals surface area contributed by atoms with Crippen molar-refractivity contribution in [1.29, 1.82) is 0 Å². The summed E-state index contributed by atoms with van der Waals surface area (Å²) in [5.74, 6) is 0.144. The molecule has 1 aromatic carbocycles. The Balaban J connectivity index is 2.27. The molecule has 3 N–H and O–H groups in total. The third kappa shape index (κ3) is 4.12. The minimum absolute atomic E-state index is 0.144. The zero-order valence-corrected chi connectivity index (χ0v) is 13.3. The molecule has 1 heterocycles. The van der Waals surface area contributed by atoms with E-state index in [0.29, 0.717) is 18.5 Å². The first-order chi connectivity index (χ1) is 9.88. The second-order valence-electron chi connectivity index (χ2n) is 4.84. The predicted octanol–water partition coefficient (Wildman–Crippen LogP) is 1.72. The molecule has 2 rings (SSSR count). The molecular formula is C14H17N3O2S2. The van der Waals surface area contributed by atoms with E-state index in [9.17, 15) is 8.42 Å². The average Bonchev–Trinajstić information content (AvgIpc) is 2.42. The summed E-state index contributed by atoms with van der Waals surface area (Å²) in [5, 5.41) is 4.16. The predicted molar refractivity (Wildman–Crippen MR) is 90.4 cm³/mol. The first kappa shape index (κ1) is 15.7. The fraction of sp³-hybridized carbons (Fsp3) is 0.286. The van der Waals surface area contributed by atoms with Crippen molar-refractivity contribution in [2.24, 2.45) is 5.73 Å². The normalized spacial score (nSPS) is 11.5. The molecule has 21 heavy (non-hydrogen) atoms. The minimum atomic E-state index is -2.95. The number of anilines is 1. The van der Waals surface area contributed by atoms with Crippen LogP contribution >= 0.6 is 12.2 Å². The molecule has 0 fully saturated rings. The minimum Gasteiger partial charge on any atom is -0.389 e. The van der Waals surface area contributed by atoms with Gasteiger partial charge in [0.1, 0.15) is 14.8 Å². The van der Waals surface area contributed by atoms with Gasteiger partial charge in [0.05, 0.1) is 22.5 Å². The van der Waals surface area contributed by atoms with E-state index in [1.807, 2.05) is 24.3 Å². The number of nitrogens with two attached hydrogens (primary N) is 1. The van der Waals surface area contributed by atoms with Crippen molar-refractivity contribution >= 4 is 43.6 Å². The molecule has 0 spiro atoms. The molecule has 112 valence electrons. The van der Waals surface area contributed by atoms with Crippen molar-refractivity contribution in [1.82, 2.24) is 4.98 Å². The average molecular weight is 323 g/mol. The van der Waals surface area contributed by atoms with Crippen LogP contribution in [-0.4, -0.2) is 36.9 Å². The van der Waals surface area contributed by atoms with Gasteiger partial charge in [0.2, 0.25) is 0 Å². The monoisotopic (exact) mass is 323 g/mol. The Morgan fingerprint density at radius 3 is 2.76 bits per heavy atom. The molecule has 0 saturated heterocycles. The van der Waals surface area contributed by atoms with Crippen LogP contribution in [0, 0.1) is 0 Å². The van der Waals surface area contributed by atoms with Crippen LogP contribution in [0.2, 0.25) is 0 Å². The third-order valence-electron chi connectivity index (χ3n) is 3.03. The van der Waals surface area contributed by atoms with Crippen LogP contribution in [-0.2, 0) is 9.84 Å². The highest BCUT2D eigenvalue weighted by Crippen LogP contribution is 2.25. The van der Waals surface area contributed by atoms with Gasteiger partial charge in [0, 0.05) is 24.4 Å². The molecular weight excluding hydrogens is 306 g/mol. The van der Waals surface area contributed by atoms with Crippen LogP contribution in [0.1, 0.15) is 12.0 Å². The first-order valence-corrected chi connectivity index (χ1v) is 8.94. The molecule has 0 aliphatic carbocycles. The van der Waals surface area contributed by atoms with Gasteiger partial charge < -0.3 is 11.1 Å². The quantitative estimate of drug-likeness (QED) is 0.622. The lowest BCUT2D eigenvalue weighted by molar-refractivity contribution is 0.600. The Labute approximate surface area is 129 Å². The molecule has 0 unspecified atom stereocenters. The van der Waals surface area contributed by atoms with E-state index in [1.54, 1.807) is 6.20 Å². The molecule has 0 atom stereocenters. The van der Waals surface area contributed by atoms with Gasteiger partial charge in [-0.05, 0) is 12.5 Å². The lowest BCUT2D eigenvalue weighted by Crippen LogP contribution is -2.16. The number of benzene rings is 1. The fourth-order valence-electron chi connectivity index (χ4n) is 2.07. The van der Waals surface area contributed by atoms with E-state index in [1.165, 1.54) is 6.26 Å². The van der Waals surface area contributed by atoms with Crippen LogP contribution in [0.3, 0.4) is 0 Å². The number of pyridine rings is 1. The molecule has 1 aromatic heterocycles. The fourth-order valence-corrected chi connectivity index (χ4v) is 2.89. The third-order valence-corrected chi connectivity index (χ3v) is 4.28. The largest absolute Gasteiger partial charge is 0.389 e. The molecule has 7 heteroatoms. The van der Waals surface area contributed by atoms with E-state index in [-0.39, 0.29) is 10.7 Å². The van der Waals surface area contributed by atoms with Gasteiger partial charge >= 0.3 is 0 Å². The summed E-state index contributed by atoms with van der Waals surface area (Å²) in [6.45, 7) is 0.524. The standard InChI is InChI=1S/C14H17N3O2S2/c1-21(18,19)8-4-7-16-13-10-5-2-3-6-12(10)17-9-11(13)14(15)20/h2-3,5-6,9H,4,7-8H2,1H3,(H2,15,20)(H,16,17). The number of sulfone groups is 1. The summed E-state index contributed by atoms with van der Waals surface area (Å²) >= 11 is 5.05. The number of thiocarbonyl (C=S) groups is 1. The van der Waals surface area contributed by atoms with E-state index in [2.05, 4.69) is 10.3 Å². The number of hydrogen-bond donors (Lipinski definition) is 2. The summed E-state index contributed by atoms with van der Waals surface area (Å²) in [7, 11) is -2.95. The van der Waals surface area contributed by atoms with Crippen molar-refractivity contribution in [3.8, 4) is 0 Å². The Bertz CT molecular complexity index is 773. The Kier molecular flexibility index (Phi) is 4.74. The summed E-state index contributed by atoms with van der Waals surface area (Å²) in [6.07, 6.45) is 3.39. The van der Waals surface area contributed by atoms with Gasteiger partial charge in [-0.25, -0.2) is 8.42 Å². The van der Waals surface area contributed by atoms with Gasteiger partial charge in [-0.3, -0.25) is 4.98 Å². The maximum absolute atomic E-state index is 11.2. The number of fused-ring (bicyclic) bond motifs is 1. The molecule has 0 saturated carbocycles. The van der Waals surface area contributed by atoms with Crippen LogP contribution in [0.4, 0.5) is 5.69 Å². The summed E-state index contributed by atoms with van der Waals surface area (Å²) in [4.78, 5) is 4.59. The number of para-hydroxylation sites is 1. The number of aromatic nitrogens is 1. The second kappa shape index (κ2) is 6.36. The number of rotatable bonds is 6. The van der Waals surface area contributed by atoms with Crippen LogP contribution < -0.4 is 11.1 Å². The molecule has 2 aromatic rings. The first-order valence-electron chi connectivity index (χ1n) is 6.47.